The number of ketones is 1. The summed E-state index contributed by atoms with van der Waals surface area (Å²) in [6.45, 7) is 0. The molecule has 0 aromatic heterocycles. The van der Waals surface area contributed by atoms with Gasteiger partial charge in [0.05, 0.1) is 0 Å². The first-order valence-corrected chi connectivity index (χ1v) is 8.45. The molecule has 2 bridgehead atoms. The molecule has 1 spiro atoms. The number of rotatable bonds is 0. The zero-order chi connectivity index (χ0) is 14.9. The Labute approximate surface area is 135 Å². The summed E-state index contributed by atoms with van der Waals surface area (Å²) in [4.78, 5) is 12.4. The third kappa shape index (κ3) is 1.58. The SMILES string of the molecule is O=C1Cc2cc3cccc(Cl)c3cc2C2(C1)CC1=CCC2C1. The van der Waals surface area contributed by atoms with E-state index in [0.29, 0.717) is 18.1 Å². The van der Waals surface area contributed by atoms with Gasteiger partial charge in [-0.05, 0) is 53.8 Å². The van der Waals surface area contributed by atoms with E-state index in [0.717, 1.165) is 35.1 Å². The van der Waals surface area contributed by atoms with E-state index in [1.165, 1.54) is 17.5 Å². The van der Waals surface area contributed by atoms with Gasteiger partial charge in [0.15, 0.2) is 0 Å². The lowest BCUT2D eigenvalue weighted by atomic mass is 9.62. The number of hydrogen-bond acceptors (Lipinski definition) is 1. The van der Waals surface area contributed by atoms with Gasteiger partial charge in [-0.1, -0.05) is 41.4 Å². The normalized spacial score (nSPS) is 29.2. The van der Waals surface area contributed by atoms with Crippen molar-refractivity contribution in [2.75, 3.05) is 0 Å². The molecule has 1 saturated carbocycles. The van der Waals surface area contributed by atoms with Crippen LogP contribution in [0.15, 0.2) is 42.0 Å². The topological polar surface area (TPSA) is 17.1 Å². The van der Waals surface area contributed by atoms with Crippen molar-refractivity contribution in [1.82, 2.24) is 0 Å². The molecule has 2 aromatic carbocycles. The summed E-state index contributed by atoms with van der Waals surface area (Å²) in [5, 5.41) is 3.10. The van der Waals surface area contributed by atoms with Crippen LogP contribution in [0.4, 0.5) is 0 Å². The lowest BCUT2D eigenvalue weighted by molar-refractivity contribution is -0.120. The molecule has 0 heterocycles. The van der Waals surface area contributed by atoms with Crippen LogP contribution in [0.5, 0.6) is 0 Å². The number of Topliss-reactive ketones (excluding diaryl/α,β-unsaturated/α-hetero) is 1. The van der Waals surface area contributed by atoms with Crippen LogP contribution in [-0.4, -0.2) is 5.78 Å². The van der Waals surface area contributed by atoms with E-state index in [2.05, 4.69) is 24.3 Å². The Morgan fingerprint density at radius 3 is 2.86 bits per heavy atom. The van der Waals surface area contributed by atoms with Crippen molar-refractivity contribution < 1.29 is 4.79 Å². The van der Waals surface area contributed by atoms with Gasteiger partial charge in [0.1, 0.15) is 5.78 Å². The van der Waals surface area contributed by atoms with Crippen LogP contribution in [0.2, 0.25) is 5.02 Å². The lowest BCUT2D eigenvalue weighted by Crippen LogP contribution is -2.39. The van der Waals surface area contributed by atoms with Crippen molar-refractivity contribution in [2.45, 2.75) is 37.5 Å². The van der Waals surface area contributed by atoms with E-state index in [9.17, 15) is 4.79 Å². The maximum Gasteiger partial charge on any atom is 0.138 e. The monoisotopic (exact) mass is 308 g/mol. The summed E-state index contributed by atoms with van der Waals surface area (Å²) in [5.74, 6) is 1.02. The first-order valence-electron chi connectivity index (χ1n) is 8.07. The van der Waals surface area contributed by atoms with Crippen LogP contribution in [0, 0.1) is 5.92 Å². The largest absolute Gasteiger partial charge is 0.299 e. The summed E-state index contributed by atoms with van der Waals surface area (Å²) < 4.78 is 0. The minimum atomic E-state index is 0.0576. The number of carbonyl (C=O) groups is 1. The van der Waals surface area contributed by atoms with E-state index in [1.54, 1.807) is 5.57 Å². The average Bonchev–Trinajstić information content (AvgIpc) is 3.07. The number of hydrogen-bond donors (Lipinski definition) is 0. The standard InChI is InChI=1S/C20H17ClO/c21-19-3-1-2-13-7-14-8-16(22)11-20(18(14)9-17(13)19)10-12-4-5-15(20)6-12/h1-4,7,9,15H,5-6,8,10-11H2. The van der Waals surface area contributed by atoms with E-state index in [-0.39, 0.29) is 5.41 Å². The average molecular weight is 309 g/mol. The van der Waals surface area contributed by atoms with Crippen LogP contribution in [0.3, 0.4) is 0 Å². The molecule has 0 N–H and O–H groups in total. The van der Waals surface area contributed by atoms with Gasteiger partial charge in [-0.2, -0.15) is 0 Å². The second-order valence-corrected chi connectivity index (χ2v) is 7.60. The highest BCUT2D eigenvalue weighted by Gasteiger charge is 2.51. The Morgan fingerprint density at radius 2 is 2.09 bits per heavy atom. The molecule has 0 radical (unpaired) electrons. The predicted molar refractivity (Wildman–Crippen MR) is 89.4 cm³/mol. The molecule has 5 rings (SSSR count). The van der Waals surface area contributed by atoms with Crippen LogP contribution in [-0.2, 0) is 16.6 Å². The Morgan fingerprint density at radius 1 is 1.18 bits per heavy atom. The smallest absolute Gasteiger partial charge is 0.138 e. The van der Waals surface area contributed by atoms with Gasteiger partial charge in [-0.3, -0.25) is 4.79 Å². The summed E-state index contributed by atoms with van der Waals surface area (Å²) in [5.41, 5.74) is 4.26. The van der Waals surface area contributed by atoms with Crippen molar-refractivity contribution >= 4 is 28.2 Å². The molecule has 1 nitrogen and oxygen atoms in total. The highest BCUT2D eigenvalue weighted by atomic mass is 35.5. The Balaban J connectivity index is 1.81. The molecular weight excluding hydrogens is 292 g/mol. The van der Waals surface area contributed by atoms with Gasteiger partial charge >= 0.3 is 0 Å². The number of benzene rings is 2. The second-order valence-electron chi connectivity index (χ2n) is 7.19. The van der Waals surface area contributed by atoms with E-state index < -0.39 is 0 Å². The van der Waals surface area contributed by atoms with Crippen molar-refractivity contribution in [3.8, 4) is 0 Å². The summed E-state index contributed by atoms with van der Waals surface area (Å²) in [7, 11) is 0. The van der Waals surface area contributed by atoms with E-state index >= 15 is 0 Å². The molecular formula is C20H17ClO. The molecule has 0 aliphatic heterocycles. The lowest BCUT2D eigenvalue weighted by Gasteiger charge is -2.41. The van der Waals surface area contributed by atoms with Gasteiger partial charge < -0.3 is 0 Å². The quantitative estimate of drug-likeness (QED) is 0.627. The number of fused-ring (bicyclic) bond motifs is 6. The van der Waals surface area contributed by atoms with Gasteiger partial charge in [-0.25, -0.2) is 0 Å². The molecule has 2 heteroatoms. The molecule has 3 aliphatic carbocycles. The van der Waals surface area contributed by atoms with Gasteiger partial charge in [0.2, 0.25) is 0 Å². The highest BCUT2D eigenvalue weighted by molar-refractivity contribution is 6.35. The van der Waals surface area contributed by atoms with E-state index in [4.69, 9.17) is 11.6 Å². The molecule has 22 heavy (non-hydrogen) atoms. The fraction of sp³-hybridized carbons (Fsp3) is 0.350. The second kappa shape index (κ2) is 4.23. The third-order valence-corrected chi connectivity index (χ3v) is 6.34. The fourth-order valence-electron chi connectivity index (χ4n) is 5.09. The van der Waals surface area contributed by atoms with Crippen molar-refractivity contribution in [2.24, 2.45) is 5.92 Å². The minimum absolute atomic E-state index is 0.0576. The first kappa shape index (κ1) is 12.9. The number of carbonyl (C=O) groups excluding carboxylic acids is 1. The molecule has 1 fully saturated rings. The molecule has 3 aliphatic rings. The molecule has 0 saturated heterocycles. The van der Waals surface area contributed by atoms with Crippen molar-refractivity contribution in [3.63, 3.8) is 0 Å². The van der Waals surface area contributed by atoms with Crippen LogP contribution >= 0.6 is 11.6 Å². The van der Waals surface area contributed by atoms with Crippen LogP contribution < -0.4 is 0 Å². The van der Waals surface area contributed by atoms with Crippen LogP contribution in [0.25, 0.3) is 10.8 Å². The molecule has 2 unspecified atom stereocenters. The van der Waals surface area contributed by atoms with Gasteiger partial charge in [-0.15, -0.1) is 0 Å². The van der Waals surface area contributed by atoms with E-state index in [1.807, 2.05) is 12.1 Å². The first-order chi connectivity index (χ1) is 10.7. The predicted octanol–water partition coefficient (Wildman–Crippen LogP) is 4.99. The summed E-state index contributed by atoms with van der Waals surface area (Å²) >= 11 is 6.42. The Bertz CT molecular complexity index is 863. The van der Waals surface area contributed by atoms with Crippen LogP contribution in [0.1, 0.15) is 36.8 Å². The van der Waals surface area contributed by atoms with Crippen molar-refractivity contribution in [3.05, 3.63) is 58.1 Å². The molecule has 110 valence electrons. The van der Waals surface area contributed by atoms with Gasteiger partial charge in [0.25, 0.3) is 0 Å². The highest BCUT2D eigenvalue weighted by Crippen LogP contribution is 2.58. The summed E-state index contributed by atoms with van der Waals surface area (Å²) in [6.07, 6.45) is 7.11. The number of allylic oxidation sites excluding steroid dienone is 2. The van der Waals surface area contributed by atoms with Gasteiger partial charge in [0, 0.05) is 28.7 Å². The maximum atomic E-state index is 12.4. The zero-order valence-corrected chi connectivity index (χ0v) is 13.1. The minimum Gasteiger partial charge on any atom is -0.299 e. The third-order valence-electron chi connectivity index (χ3n) is 6.01. The molecule has 0 amide bonds. The molecule has 2 atom stereocenters. The zero-order valence-electron chi connectivity index (χ0n) is 12.4. The molecule has 2 aromatic rings. The van der Waals surface area contributed by atoms with Crippen molar-refractivity contribution in [1.29, 1.82) is 0 Å². The Hall–Kier alpha value is -1.60. The maximum absolute atomic E-state index is 12.4. The number of halogens is 1. The Kier molecular flexibility index (Phi) is 2.48. The fourth-order valence-corrected chi connectivity index (χ4v) is 5.33. The summed E-state index contributed by atoms with van der Waals surface area (Å²) in [6, 6.07) is 10.5.